The molecule has 4 aliphatic rings. The SMILES string of the molecule is O=C(O)CCSCCC12CC3CC(C1)CC(CCSCCC(=O)O)(C3)C2. The first-order valence-corrected chi connectivity index (χ1v) is 12.3. The number of hydrogen-bond acceptors (Lipinski definition) is 4. The Morgan fingerprint density at radius 1 is 0.769 bits per heavy atom. The fourth-order valence-electron chi connectivity index (χ4n) is 6.33. The van der Waals surface area contributed by atoms with Crippen molar-refractivity contribution in [2.75, 3.05) is 23.0 Å². The Morgan fingerprint density at radius 2 is 1.19 bits per heavy atom. The zero-order chi connectivity index (χ0) is 18.6. The number of thioether (sulfide) groups is 2. The molecule has 0 radical (unpaired) electrons. The molecule has 148 valence electrons. The number of rotatable bonds is 12. The molecule has 2 N–H and O–H groups in total. The van der Waals surface area contributed by atoms with E-state index in [1.54, 1.807) is 0 Å². The summed E-state index contributed by atoms with van der Waals surface area (Å²) in [5, 5.41) is 17.6. The molecule has 0 aromatic heterocycles. The molecule has 4 fully saturated rings. The van der Waals surface area contributed by atoms with Crippen molar-refractivity contribution < 1.29 is 19.8 Å². The third-order valence-electron chi connectivity index (χ3n) is 6.78. The van der Waals surface area contributed by atoms with Gasteiger partial charge in [0.05, 0.1) is 12.8 Å². The predicted octanol–water partition coefficient (Wildman–Crippen LogP) is 4.77. The standard InChI is InChI=1S/C20H32O4S2/c21-17(22)1-5-25-7-3-19-10-15-9-16(11-19)13-20(12-15,14-19)4-8-26-6-2-18(23)24/h15-16H,1-14H2,(H,21,22)(H,23,24). The van der Waals surface area contributed by atoms with Crippen molar-refractivity contribution in [1.82, 2.24) is 0 Å². The monoisotopic (exact) mass is 400 g/mol. The van der Waals surface area contributed by atoms with E-state index < -0.39 is 11.9 Å². The first kappa shape index (κ1) is 20.4. The van der Waals surface area contributed by atoms with Gasteiger partial charge in [0.25, 0.3) is 0 Å². The molecule has 6 heteroatoms. The summed E-state index contributed by atoms with van der Waals surface area (Å²) in [7, 11) is 0. The first-order chi connectivity index (χ1) is 12.4. The Bertz CT molecular complexity index is 466. The van der Waals surface area contributed by atoms with Crippen molar-refractivity contribution in [2.45, 2.75) is 64.2 Å². The van der Waals surface area contributed by atoms with Crippen molar-refractivity contribution in [3.63, 3.8) is 0 Å². The van der Waals surface area contributed by atoms with Gasteiger partial charge in [-0.25, -0.2) is 0 Å². The maximum absolute atomic E-state index is 10.7. The predicted molar refractivity (Wildman–Crippen MR) is 108 cm³/mol. The van der Waals surface area contributed by atoms with Crippen LogP contribution < -0.4 is 0 Å². The van der Waals surface area contributed by atoms with Crippen LogP contribution in [-0.2, 0) is 9.59 Å². The summed E-state index contributed by atoms with van der Waals surface area (Å²) in [5.41, 5.74) is 1.04. The second-order valence-electron chi connectivity index (χ2n) is 8.97. The summed E-state index contributed by atoms with van der Waals surface area (Å²) in [6.07, 6.45) is 11.5. The van der Waals surface area contributed by atoms with Crippen molar-refractivity contribution in [1.29, 1.82) is 0 Å². The average molecular weight is 401 g/mol. The lowest BCUT2D eigenvalue weighted by Gasteiger charge is -2.63. The molecular weight excluding hydrogens is 368 g/mol. The fourth-order valence-corrected chi connectivity index (χ4v) is 8.54. The van der Waals surface area contributed by atoms with E-state index in [1.807, 2.05) is 23.5 Å². The summed E-state index contributed by atoms with van der Waals surface area (Å²) in [4.78, 5) is 21.3. The van der Waals surface area contributed by atoms with Crippen LogP contribution in [0, 0.1) is 22.7 Å². The summed E-state index contributed by atoms with van der Waals surface area (Å²) < 4.78 is 0. The molecule has 0 saturated heterocycles. The topological polar surface area (TPSA) is 74.6 Å². The maximum Gasteiger partial charge on any atom is 0.304 e. The van der Waals surface area contributed by atoms with Crippen molar-refractivity contribution >= 4 is 35.5 Å². The average Bonchev–Trinajstić information content (AvgIpc) is 2.52. The van der Waals surface area contributed by atoms with Crippen molar-refractivity contribution in [3.05, 3.63) is 0 Å². The summed E-state index contributed by atoms with van der Waals surface area (Å²) >= 11 is 3.63. The molecule has 4 nitrogen and oxygen atoms in total. The van der Waals surface area contributed by atoms with Crippen molar-refractivity contribution in [2.24, 2.45) is 22.7 Å². The summed E-state index contributed by atoms with van der Waals surface area (Å²) in [6, 6.07) is 0. The third-order valence-corrected chi connectivity index (χ3v) is 8.75. The Hall–Kier alpha value is -0.360. The van der Waals surface area contributed by atoms with Gasteiger partial charge < -0.3 is 10.2 Å². The molecule has 0 spiro atoms. The number of carboxylic acid groups (broad SMARTS) is 2. The fraction of sp³-hybridized carbons (Fsp3) is 0.900. The lowest BCUT2D eigenvalue weighted by molar-refractivity contribution is -0.137. The zero-order valence-electron chi connectivity index (χ0n) is 15.6. The number of aliphatic carboxylic acids is 2. The molecule has 0 heterocycles. The minimum Gasteiger partial charge on any atom is -0.481 e. The van der Waals surface area contributed by atoms with Crippen LogP contribution in [0.4, 0.5) is 0 Å². The highest BCUT2D eigenvalue weighted by atomic mass is 32.2. The Balaban J connectivity index is 1.48. The van der Waals surface area contributed by atoms with Crippen LogP contribution >= 0.6 is 23.5 Å². The Kier molecular flexibility index (Phi) is 6.87. The summed E-state index contributed by atoms with van der Waals surface area (Å²) in [5.74, 6) is 4.13. The molecule has 4 saturated carbocycles. The minimum atomic E-state index is -0.688. The van der Waals surface area contributed by atoms with Gasteiger partial charge >= 0.3 is 11.9 Å². The highest BCUT2D eigenvalue weighted by Gasteiger charge is 2.56. The maximum atomic E-state index is 10.7. The lowest BCUT2D eigenvalue weighted by Crippen LogP contribution is -2.52. The molecular formula is C20H32O4S2. The summed E-state index contributed by atoms with van der Waals surface area (Å²) in [6.45, 7) is 0. The molecule has 0 aromatic carbocycles. The van der Waals surface area contributed by atoms with E-state index in [2.05, 4.69) is 0 Å². The minimum absolute atomic E-state index is 0.278. The van der Waals surface area contributed by atoms with Gasteiger partial charge in [0.2, 0.25) is 0 Å². The zero-order valence-corrected chi connectivity index (χ0v) is 17.2. The molecule has 0 aliphatic heterocycles. The normalized spacial score (nSPS) is 34.9. The van der Waals surface area contributed by atoms with E-state index in [0.717, 1.165) is 34.8 Å². The first-order valence-electron chi connectivity index (χ1n) is 10.00. The molecule has 26 heavy (non-hydrogen) atoms. The smallest absolute Gasteiger partial charge is 0.304 e. The van der Waals surface area contributed by atoms with E-state index in [1.165, 1.54) is 51.4 Å². The van der Waals surface area contributed by atoms with Gasteiger partial charge in [0.1, 0.15) is 0 Å². The largest absolute Gasteiger partial charge is 0.481 e. The van der Waals surface area contributed by atoms with E-state index in [9.17, 15) is 9.59 Å². The van der Waals surface area contributed by atoms with E-state index in [4.69, 9.17) is 10.2 Å². The van der Waals surface area contributed by atoms with Crippen LogP contribution in [0.1, 0.15) is 64.2 Å². The van der Waals surface area contributed by atoms with Crippen molar-refractivity contribution in [3.8, 4) is 0 Å². The van der Waals surface area contributed by atoms with Gasteiger partial charge in [-0.2, -0.15) is 23.5 Å². The highest BCUT2D eigenvalue weighted by Crippen LogP contribution is 2.67. The number of hydrogen-bond donors (Lipinski definition) is 2. The second kappa shape index (κ2) is 8.76. The third kappa shape index (κ3) is 5.34. The van der Waals surface area contributed by atoms with Gasteiger partial charge in [0, 0.05) is 11.5 Å². The van der Waals surface area contributed by atoms with Crippen LogP contribution in [0.5, 0.6) is 0 Å². The van der Waals surface area contributed by atoms with E-state index >= 15 is 0 Å². The van der Waals surface area contributed by atoms with Gasteiger partial charge in [-0.15, -0.1) is 0 Å². The molecule has 4 aliphatic carbocycles. The van der Waals surface area contributed by atoms with Crippen LogP contribution in [0.25, 0.3) is 0 Å². The van der Waals surface area contributed by atoms with Gasteiger partial charge in [0.15, 0.2) is 0 Å². The molecule has 4 rings (SSSR count). The van der Waals surface area contributed by atoms with Crippen LogP contribution in [0.15, 0.2) is 0 Å². The number of carboxylic acids is 2. The van der Waals surface area contributed by atoms with Crippen LogP contribution in [-0.4, -0.2) is 45.2 Å². The van der Waals surface area contributed by atoms with Crippen LogP contribution in [0.3, 0.4) is 0 Å². The van der Waals surface area contributed by atoms with Gasteiger partial charge in [-0.05, 0) is 85.5 Å². The second-order valence-corrected chi connectivity index (χ2v) is 11.4. The molecule has 0 amide bonds. The number of carbonyl (C=O) groups is 2. The molecule has 0 unspecified atom stereocenters. The highest BCUT2D eigenvalue weighted by molar-refractivity contribution is 7.99. The molecule has 0 atom stereocenters. The molecule has 0 aromatic rings. The van der Waals surface area contributed by atoms with Crippen LogP contribution in [0.2, 0.25) is 0 Å². The van der Waals surface area contributed by atoms with E-state index in [0.29, 0.717) is 10.8 Å². The molecule has 4 bridgehead atoms. The Labute approximate surface area is 165 Å². The van der Waals surface area contributed by atoms with Gasteiger partial charge in [-0.1, -0.05) is 0 Å². The quantitative estimate of drug-likeness (QED) is 0.460. The van der Waals surface area contributed by atoms with Gasteiger partial charge in [-0.3, -0.25) is 9.59 Å². The lowest BCUT2D eigenvalue weighted by atomic mass is 9.43. The van der Waals surface area contributed by atoms with E-state index in [-0.39, 0.29) is 12.8 Å². The Morgan fingerprint density at radius 3 is 1.58 bits per heavy atom.